The number of carbonyl (C=O) groups excluding carboxylic acids is 6. The number of hydroxylamine groups is 6. The van der Waals surface area contributed by atoms with Crippen LogP contribution in [-0.4, -0.2) is 234 Å². The number of nitrogens with zero attached hydrogens (tertiary/aromatic N) is 4. The number of unbranched alkanes of at least 4 members (excludes halogenated alkanes) is 5. The molecule has 29 heteroatoms. The first kappa shape index (κ1) is 63.3. The number of hydrogen-bond acceptors (Lipinski definition) is 23. The van der Waals surface area contributed by atoms with Gasteiger partial charge >= 0.3 is 5.97 Å². The molecule has 0 bridgehead atoms. The van der Waals surface area contributed by atoms with Crippen LogP contribution in [0.3, 0.4) is 0 Å². The molecule has 0 aliphatic carbocycles. The second-order valence-corrected chi connectivity index (χ2v) is 16.1. The predicted molar refractivity (Wildman–Crippen MR) is 227 cm³/mol. The van der Waals surface area contributed by atoms with Crippen LogP contribution in [-0.2, 0) is 64.8 Å². The zero-order valence-corrected chi connectivity index (χ0v) is 39.6. The van der Waals surface area contributed by atoms with Gasteiger partial charge in [0.05, 0.1) is 19.1 Å². The molecular formula is C40H71FeN7O21. The molecule has 2 fully saturated rings. The summed E-state index contributed by atoms with van der Waals surface area (Å²) in [5.41, 5.74) is -0.698. The Morgan fingerprint density at radius 3 is 1.62 bits per heavy atom. The fourth-order valence-electron chi connectivity index (χ4n) is 6.82. The van der Waals surface area contributed by atoms with Gasteiger partial charge in [0.15, 0.2) is 6.29 Å². The van der Waals surface area contributed by atoms with Gasteiger partial charge in [0, 0.05) is 88.5 Å². The number of nitrogens with one attached hydrogen (secondary N) is 3. The zero-order valence-electron chi connectivity index (χ0n) is 38.5. The molecule has 2 rings (SSSR count). The monoisotopic (exact) mass is 1040 g/mol. The third kappa shape index (κ3) is 22.5. The first-order chi connectivity index (χ1) is 32.4. The summed E-state index contributed by atoms with van der Waals surface area (Å²) in [6.07, 6.45) is -13.7. The average molecular weight is 1040 g/mol. The number of likely N-dealkylation sites (N-methyl/N-ethyl adjacent to an activating group) is 1. The third-order valence-corrected chi connectivity index (χ3v) is 11.0. The topological polar surface area (TPSA) is 420 Å². The van der Waals surface area contributed by atoms with Crippen LogP contribution in [0, 0.1) is 0 Å². The van der Waals surface area contributed by atoms with Crippen LogP contribution in [0.25, 0.3) is 0 Å². The van der Waals surface area contributed by atoms with Crippen molar-refractivity contribution in [1.29, 1.82) is 0 Å². The Bertz CT molecular complexity index is 1590. The Hall–Kier alpha value is -3.75. The molecular weight excluding hydrogens is 970 g/mol. The summed E-state index contributed by atoms with van der Waals surface area (Å²) in [6.45, 7) is -0.763. The van der Waals surface area contributed by atoms with Gasteiger partial charge in [-0.1, -0.05) is 5.16 Å². The van der Waals surface area contributed by atoms with E-state index in [1.165, 1.54) is 7.05 Å². The molecule has 10 atom stereocenters. The summed E-state index contributed by atoms with van der Waals surface area (Å²) in [4.78, 5) is 73.0. The van der Waals surface area contributed by atoms with E-state index in [1.54, 1.807) is 0 Å². The van der Waals surface area contributed by atoms with Crippen molar-refractivity contribution >= 4 is 41.2 Å². The van der Waals surface area contributed by atoms with Gasteiger partial charge in [-0.3, -0.25) is 44.4 Å². The number of rotatable bonds is 32. The van der Waals surface area contributed by atoms with Gasteiger partial charge in [-0.25, -0.2) is 15.2 Å². The molecule has 0 spiro atoms. The van der Waals surface area contributed by atoms with E-state index < -0.39 is 123 Å². The number of aliphatic hydroxyl groups excluding tert-OH is 7. The van der Waals surface area contributed by atoms with E-state index in [0.29, 0.717) is 73.1 Å². The minimum atomic E-state index is -1.96. The van der Waals surface area contributed by atoms with Crippen molar-refractivity contribution in [3.8, 4) is 0 Å². The third-order valence-electron chi connectivity index (χ3n) is 11.0. The molecule has 0 aromatic rings. The number of oxime groups is 1. The standard InChI is InChI=1S/C40H71N7O21.Fe/c1-41-24(22-49)37-35(58)36(59)38(39(60)67-37)68-40-32(44-61)34(57)33(56)25(66-40)23-65-31(55)15-14-30(54)46(63)19-7-3-5-17-42-26(50)10-12-28(52)45(62)18-6-2-4-16-43-27(51)11-13-29(53)47(64)20-8-9-21-48;/h24-25,33-41,48-49,56-64H,2-23H2,1H3,(H,42,50)(H,43,51);/b44-32+;/t24?,25-,33-,34-,35+,36+,37-,38-,39?,40-;/m1./s1. The molecule has 14 N–H and O–H groups in total. The van der Waals surface area contributed by atoms with E-state index >= 15 is 0 Å². The van der Waals surface area contributed by atoms with Crippen LogP contribution < -0.4 is 16.0 Å². The van der Waals surface area contributed by atoms with E-state index in [-0.39, 0.29) is 81.4 Å². The number of ether oxygens (including phenoxy) is 4. The maximum atomic E-state index is 12.4. The Labute approximate surface area is 408 Å². The van der Waals surface area contributed by atoms with Crippen molar-refractivity contribution in [1.82, 2.24) is 31.1 Å². The van der Waals surface area contributed by atoms with E-state index in [1.807, 2.05) is 0 Å². The zero-order chi connectivity index (χ0) is 50.8. The van der Waals surface area contributed by atoms with Crippen LogP contribution in [0.15, 0.2) is 5.16 Å². The smallest absolute Gasteiger partial charge is 0.306 e. The molecule has 5 amide bonds. The Morgan fingerprint density at radius 1 is 0.667 bits per heavy atom. The number of hydrogen-bond donors (Lipinski definition) is 14. The molecule has 0 radical (unpaired) electrons. The van der Waals surface area contributed by atoms with Gasteiger partial charge in [0.2, 0.25) is 35.8 Å². The van der Waals surface area contributed by atoms with Gasteiger partial charge in [-0.15, -0.1) is 0 Å². The summed E-state index contributed by atoms with van der Waals surface area (Å²) in [5.74, 6) is -3.80. The van der Waals surface area contributed by atoms with Crippen molar-refractivity contribution in [2.45, 2.75) is 151 Å². The number of amides is 5. The summed E-state index contributed by atoms with van der Waals surface area (Å²) in [7, 11) is 1.44. The van der Waals surface area contributed by atoms with Crippen molar-refractivity contribution in [2.75, 3.05) is 59.6 Å². The fourth-order valence-corrected chi connectivity index (χ4v) is 6.82. The fraction of sp³-hybridized carbons (Fsp3) is 0.825. The summed E-state index contributed by atoms with van der Waals surface area (Å²) >= 11 is 0. The summed E-state index contributed by atoms with van der Waals surface area (Å²) in [5, 5.41) is 123. The minimum absolute atomic E-state index is 0. The molecule has 0 aromatic carbocycles. The average Bonchev–Trinajstić information content (AvgIpc) is 3.32. The van der Waals surface area contributed by atoms with Crippen molar-refractivity contribution in [3.63, 3.8) is 0 Å². The number of carbonyl (C=O) groups is 6. The first-order valence-corrected chi connectivity index (χ1v) is 22.5. The molecule has 0 aromatic heterocycles. The quantitative estimate of drug-likeness (QED) is 0.00755. The first-order valence-electron chi connectivity index (χ1n) is 22.5. The van der Waals surface area contributed by atoms with Gasteiger partial charge in [-0.2, -0.15) is 0 Å². The van der Waals surface area contributed by atoms with Gasteiger partial charge in [-0.05, 0) is 58.4 Å². The van der Waals surface area contributed by atoms with Crippen LogP contribution in [0.2, 0.25) is 0 Å². The predicted octanol–water partition coefficient (Wildman–Crippen LogP) is -4.45. The van der Waals surface area contributed by atoms with Gasteiger partial charge in [0.1, 0.15) is 55.0 Å². The largest absolute Gasteiger partial charge is 0.463 e. The molecule has 2 heterocycles. The molecule has 400 valence electrons. The van der Waals surface area contributed by atoms with Crippen LogP contribution in [0.4, 0.5) is 0 Å². The van der Waals surface area contributed by atoms with E-state index in [9.17, 15) is 80.2 Å². The van der Waals surface area contributed by atoms with Crippen molar-refractivity contribution in [3.05, 3.63) is 0 Å². The molecule has 28 nitrogen and oxygen atoms in total. The van der Waals surface area contributed by atoms with Crippen LogP contribution in [0.5, 0.6) is 0 Å². The molecule has 2 aliphatic heterocycles. The van der Waals surface area contributed by atoms with Crippen molar-refractivity contribution < 1.29 is 121 Å². The molecule has 2 aliphatic rings. The summed E-state index contributed by atoms with van der Waals surface area (Å²) < 4.78 is 21.4. The van der Waals surface area contributed by atoms with Gasteiger partial charge in [0.25, 0.3) is 0 Å². The summed E-state index contributed by atoms with van der Waals surface area (Å²) in [6, 6.07) is -0.898. The molecule has 2 saturated heterocycles. The van der Waals surface area contributed by atoms with E-state index in [0.717, 1.165) is 0 Å². The number of esters is 1. The van der Waals surface area contributed by atoms with Crippen molar-refractivity contribution in [2.24, 2.45) is 5.16 Å². The molecule has 2 unspecified atom stereocenters. The molecule has 0 saturated carbocycles. The number of aliphatic hydroxyl groups is 7. The molecule has 69 heavy (non-hydrogen) atoms. The van der Waals surface area contributed by atoms with Crippen LogP contribution >= 0.6 is 0 Å². The Balaban J connectivity index is 0.0000238. The Kier molecular flexibility index (Phi) is 31.7. The maximum Gasteiger partial charge on any atom is 0.306 e. The second kappa shape index (κ2) is 34.6. The van der Waals surface area contributed by atoms with E-state index in [2.05, 4.69) is 21.1 Å². The van der Waals surface area contributed by atoms with E-state index in [4.69, 9.17) is 24.1 Å². The Morgan fingerprint density at radius 2 is 1.16 bits per heavy atom. The van der Waals surface area contributed by atoms with Crippen LogP contribution in [0.1, 0.15) is 89.9 Å². The minimum Gasteiger partial charge on any atom is -0.463 e. The van der Waals surface area contributed by atoms with Gasteiger partial charge < -0.3 is 75.9 Å². The SMILES string of the molecule is CNC(CO)[C@H]1OC(O)[C@H](O[C@H]2O[C@H](COC(=O)CCC(=O)N(O)CCCCCNC(=O)CCC(=O)N(O)CCCCCNC(=O)CCC(=O)N(O)CCCCO)[C@@H](O)[C@H](O)/C2=N\O)[C@@H](O)[C@@H]1O.[Fe]. The maximum absolute atomic E-state index is 12.4. The second-order valence-electron chi connectivity index (χ2n) is 16.1. The normalized spacial score (nSPS) is 24.4.